The molecule has 3 nitrogen and oxygen atoms in total. The van der Waals surface area contributed by atoms with Crippen molar-refractivity contribution in [2.45, 2.75) is 0 Å². The van der Waals surface area contributed by atoms with Crippen LogP contribution in [0.5, 0.6) is 0 Å². The fourth-order valence-electron chi connectivity index (χ4n) is 15.7. The minimum absolute atomic E-state index is 0.192. The van der Waals surface area contributed by atoms with Crippen LogP contribution >= 0.6 is 0 Å². The largest absolute Gasteiger partial charge is 0.311 e. The molecule has 94 heavy (non-hydrogen) atoms. The molecule has 0 fully saturated rings. The Morgan fingerprint density at radius 3 is 1.15 bits per heavy atom. The molecule has 4 heterocycles. The van der Waals surface area contributed by atoms with E-state index in [1.807, 2.05) is 0 Å². The number of hydrogen-bond acceptors (Lipinski definition) is 1. The molecule has 15 aromatic carbocycles. The van der Waals surface area contributed by atoms with E-state index in [1.54, 1.807) is 0 Å². The Labute approximate surface area is 546 Å². The highest BCUT2D eigenvalue weighted by Gasteiger charge is 2.43. The van der Waals surface area contributed by atoms with Gasteiger partial charge in [-0.3, -0.25) is 0 Å². The molecule has 0 radical (unpaired) electrons. The number of benzene rings is 15. The minimum Gasteiger partial charge on any atom is -0.311 e. The van der Waals surface area contributed by atoms with Gasteiger partial charge in [-0.25, -0.2) is 0 Å². The van der Waals surface area contributed by atoms with E-state index in [1.165, 1.54) is 144 Å². The number of nitrogens with zero attached hydrogens (tertiary/aromatic N) is 3. The van der Waals surface area contributed by atoms with E-state index in [-0.39, 0.29) is 6.71 Å². The van der Waals surface area contributed by atoms with Crippen molar-refractivity contribution in [1.82, 2.24) is 9.13 Å². The molecule has 17 aromatic rings. The molecule has 4 heteroatoms. The molecule has 2 aromatic heterocycles. The van der Waals surface area contributed by atoms with E-state index in [0.717, 1.165) is 33.8 Å². The molecule has 19 rings (SSSR count). The Bertz CT molecular complexity index is 5750. The predicted molar refractivity (Wildman–Crippen MR) is 398 cm³/mol. The molecule has 0 aliphatic carbocycles. The normalized spacial score (nSPS) is 12.2. The molecule has 0 N–H and O–H groups in total. The summed E-state index contributed by atoms with van der Waals surface area (Å²) in [6, 6.07) is 131. The topological polar surface area (TPSA) is 13.1 Å². The smallest absolute Gasteiger partial charge is 0.252 e. The molecule has 0 bridgehead atoms. The highest BCUT2D eigenvalue weighted by Crippen LogP contribution is 2.47. The third-order valence-electron chi connectivity index (χ3n) is 19.9. The van der Waals surface area contributed by atoms with Crippen LogP contribution in [0.4, 0.5) is 17.1 Å². The summed E-state index contributed by atoms with van der Waals surface area (Å²) < 4.78 is 5.19. The van der Waals surface area contributed by atoms with E-state index < -0.39 is 0 Å². The number of anilines is 3. The molecular formula is C90H58BN3. The molecule has 0 amide bonds. The maximum absolute atomic E-state index is 2.63. The Morgan fingerprint density at radius 2 is 0.606 bits per heavy atom. The van der Waals surface area contributed by atoms with Gasteiger partial charge in [0, 0.05) is 49.8 Å². The molecular weight excluding hydrogens is 1130 g/mol. The first kappa shape index (κ1) is 53.6. The molecule has 0 unspecified atom stereocenters. The highest BCUT2D eigenvalue weighted by atomic mass is 15.2. The molecule has 0 saturated carbocycles. The summed E-state index contributed by atoms with van der Waals surface area (Å²) in [6.07, 6.45) is 0. The van der Waals surface area contributed by atoms with Gasteiger partial charge in [-0.15, -0.1) is 0 Å². The van der Waals surface area contributed by atoms with Gasteiger partial charge in [-0.05, 0) is 172 Å². The molecule has 2 aliphatic heterocycles. The van der Waals surface area contributed by atoms with Crippen molar-refractivity contribution in [2.24, 2.45) is 0 Å². The van der Waals surface area contributed by atoms with Crippen LogP contribution in [-0.2, 0) is 0 Å². The van der Waals surface area contributed by atoms with Crippen molar-refractivity contribution in [3.8, 4) is 100 Å². The monoisotopic (exact) mass is 1190 g/mol. The van der Waals surface area contributed by atoms with Crippen LogP contribution < -0.4 is 21.3 Å². The van der Waals surface area contributed by atoms with Crippen molar-refractivity contribution < 1.29 is 0 Å². The van der Waals surface area contributed by atoms with E-state index in [4.69, 9.17) is 0 Å². The lowest BCUT2D eigenvalue weighted by Gasteiger charge is -2.41. The molecule has 0 spiro atoms. The zero-order valence-corrected chi connectivity index (χ0v) is 51.4. The van der Waals surface area contributed by atoms with Gasteiger partial charge < -0.3 is 14.0 Å². The van der Waals surface area contributed by atoms with Crippen LogP contribution in [0.3, 0.4) is 0 Å². The van der Waals surface area contributed by atoms with Crippen molar-refractivity contribution in [2.75, 3.05) is 4.90 Å². The Morgan fingerprint density at radius 1 is 0.202 bits per heavy atom. The summed E-state index contributed by atoms with van der Waals surface area (Å²) in [7, 11) is 0. The second kappa shape index (κ2) is 21.7. The highest BCUT2D eigenvalue weighted by molar-refractivity contribution is 7.00. The van der Waals surface area contributed by atoms with Crippen LogP contribution in [0, 0.1) is 0 Å². The SMILES string of the molecule is c1ccc(-c2cccc(-c3ccccc3-c3ccc4c(c3)B3c5c(cc(-n6c7cc(-c8ccccc8)ccc7c7ccc(-c8ccccc8)cc76)cc5-n5c6ccccc6c6cc(-c7ccccc7-c7cccc(-c8ccccc8)c7)cc3c65)N4c3ccccc3)c2)cc1. The lowest BCUT2D eigenvalue weighted by molar-refractivity contribution is 1.13. The summed E-state index contributed by atoms with van der Waals surface area (Å²) >= 11 is 0. The molecule has 436 valence electrons. The third-order valence-corrected chi connectivity index (χ3v) is 19.9. The van der Waals surface area contributed by atoms with Crippen molar-refractivity contribution >= 4 is 83.8 Å². The maximum Gasteiger partial charge on any atom is 0.252 e. The summed E-state index contributed by atoms with van der Waals surface area (Å²) in [5, 5.41) is 4.88. The fraction of sp³-hybridized carbons (Fsp3) is 0. The molecule has 2 aliphatic rings. The van der Waals surface area contributed by atoms with Gasteiger partial charge in [-0.1, -0.05) is 285 Å². The van der Waals surface area contributed by atoms with Gasteiger partial charge in [0.2, 0.25) is 0 Å². The third kappa shape index (κ3) is 8.61. The first-order valence-corrected chi connectivity index (χ1v) is 32.6. The number of rotatable bonds is 10. The van der Waals surface area contributed by atoms with Crippen molar-refractivity contribution in [3.05, 3.63) is 352 Å². The van der Waals surface area contributed by atoms with Crippen molar-refractivity contribution in [3.63, 3.8) is 0 Å². The van der Waals surface area contributed by atoms with Gasteiger partial charge in [-0.2, -0.15) is 0 Å². The second-order valence-electron chi connectivity index (χ2n) is 25.1. The summed E-state index contributed by atoms with van der Waals surface area (Å²) in [5.41, 5.74) is 33.2. The quantitative estimate of drug-likeness (QED) is 0.124. The predicted octanol–water partition coefficient (Wildman–Crippen LogP) is 21.8. The first-order chi connectivity index (χ1) is 46.6. The summed E-state index contributed by atoms with van der Waals surface area (Å²) in [5.74, 6) is 0. The average Bonchev–Trinajstić information content (AvgIpc) is 1.28. The van der Waals surface area contributed by atoms with Gasteiger partial charge in [0.1, 0.15) is 0 Å². The van der Waals surface area contributed by atoms with Gasteiger partial charge >= 0.3 is 0 Å². The van der Waals surface area contributed by atoms with E-state index in [9.17, 15) is 0 Å². The zero-order chi connectivity index (χ0) is 61.8. The van der Waals surface area contributed by atoms with Gasteiger partial charge in [0.15, 0.2) is 0 Å². The van der Waals surface area contributed by atoms with Gasteiger partial charge in [0.05, 0.1) is 22.2 Å². The maximum atomic E-state index is 2.63. The Hall–Kier alpha value is -12.2. The molecule has 0 saturated heterocycles. The molecule has 0 atom stereocenters. The van der Waals surface area contributed by atoms with Crippen LogP contribution in [0.25, 0.3) is 144 Å². The Balaban J connectivity index is 0.911. The van der Waals surface area contributed by atoms with E-state index >= 15 is 0 Å². The van der Waals surface area contributed by atoms with E-state index in [0.29, 0.717) is 0 Å². The van der Waals surface area contributed by atoms with Crippen LogP contribution in [-0.4, -0.2) is 15.8 Å². The number of fused-ring (bicyclic) bond motifs is 10. The number of para-hydroxylation sites is 2. The van der Waals surface area contributed by atoms with Crippen molar-refractivity contribution in [1.29, 1.82) is 0 Å². The van der Waals surface area contributed by atoms with Crippen LogP contribution in [0.2, 0.25) is 0 Å². The minimum atomic E-state index is -0.192. The van der Waals surface area contributed by atoms with E-state index in [2.05, 4.69) is 366 Å². The number of hydrogen-bond donors (Lipinski definition) is 0. The van der Waals surface area contributed by atoms with Gasteiger partial charge in [0.25, 0.3) is 6.71 Å². The Kier molecular flexibility index (Phi) is 12.4. The summed E-state index contributed by atoms with van der Waals surface area (Å²) in [4.78, 5) is 2.57. The van der Waals surface area contributed by atoms with Crippen LogP contribution in [0.15, 0.2) is 352 Å². The average molecular weight is 1190 g/mol. The standard InChI is InChI=1S/C90H58BN3/c1-6-24-59(25-7-1)63-32-22-34-67(50-63)73-38-16-17-40-75(73)69-46-49-84-81(53-69)91-82-54-70(76-41-19-18-39-74(76)68-35-23-33-64(51-68)60-26-8-2-9-27-60)52-80-77-42-20-21-43-83(77)94(90(80)82)88-58-72(57-87(89(88)91)92(84)71-36-14-5-15-37-71)93-85-55-65(61-28-10-3-11-29-61)44-47-78(85)79-48-45-66(56-86(79)93)62-30-12-4-13-31-62/h1-58H. The lowest BCUT2D eigenvalue weighted by atomic mass is 9.33. The zero-order valence-electron chi connectivity index (χ0n) is 51.4. The second-order valence-corrected chi connectivity index (χ2v) is 25.1. The fourth-order valence-corrected chi connectivity index (χ4v) is 15.7. The lowest BCUT2D eigenvalue weighted by Crippen LogP contribution is -2.60. The first-order valence-electron chi connectivity index (χ1n) is 32.6. The summed E-state index contributed by atoms with van der Waals surface area (Å²) in [6.45, 7) is -0.192. The van der Waals surface area contributed by atoms with Crippen LogP contribution in [0.1, 0.15) is 0 Å². The number of aromatic nitrogens is 2.